The Morgan fingerprint density at radius 1 is 1.11 bits per heavy atom. The molecule has 1 amide bonds. The lowest BCUT2D eigenvalue weighted by Crippen LogP contribution is -2.21. The third-order valence-corrected chi connectivity index (χ3v) is 4.51. The van der Waals surface area contributed by atoms with E-state index in [1.54, 1.807) is 41.2 Å². The monoisotopic (exact) mass is 397 g/mol. The van der Waals surface area contributed by atoms with Crippen LogP contribution >= 0.6 is 11.6 Å². The number of esters is 1. The molecule has 0 radical (unpaired) electrons. The maximum Gasteiger partial charge on any atom is 0.338 e. The first-order valence-corrected chi connectivity index (χ1v) is 9.08. The smallest absolute Gasteiger partial charge is 0.338 e. The van der Waals surface area contributed by atoms with Gasteiger partial charge < -0.3 is 10.1 Å². The SMILES string of the molecule is Cc1cc(C)c(NC(=O)COC(=O)c2ccc(-n3nccc3C)cc2)c(Cl)c1. The fourth-order valence-corrected chi connectivity index (χ4v) is 3.21. The molecule has 0 aliphatic carbocycles. The van der Waals surface area contributed by atoms with Gasteiger partial charge >= 0.3 is 5.97 Å². The van der Waals surface area contributed by atoms with Gasteiger partial charge in [0.15, 0.2) is 6.61 Å². The molecule has 144 valence electrons. The van der Waals surface area contributed by atoms with Gasteiger partial charge in [0.2, 0.25) is 0 Å². The number of anilines is 1. The Hall–Kier alpha value is -3.12. The number of aromatic nitrogens is 2. The Kier molecular flexibility index (Phi) is 5.80. The molecule has 0 bridgehead atoms. The molecule has 0 saturated carbocycles. The summed E-state index contributed by atoms with van der Waals surface area (Å²) in [5, 5.41) is 7.35. The van der Waals surface area contributed by atoms with Crippen LogP contribution in [0.5, 0.6) is 0 Å². The maximum absolute atomic E-state index is 12.2. The molecule has 3 rings (SSSR count). The lowest BCUT2D eigenvalue weighted by Gasteiger charge is -2.12. The number of rotatable bonds is 5. The Bertz CT molecular complexity index is 1000. The summed E-state index contributed by atoms with van der Waals surface area (Å²) in [6.45, 7) is 5.31. The van der Waals surface area contributed by atoms with E-state index in [0.717, 1.165) is 22.5 Å². The first-order chi connectivity index (χ1) is 13.3. The summed E-state index contributed by atoms with van der Waals surface area (Å²) >= 11 is 6.18. The van der Waals surface area contributed by atoms with Crippen molar-refractivity contribution in [3.05, 3.63) is 76.1 Å². The van der Waals surface area contributed by atoms with Crippen LogP contribution < -0.4 is 5.32 Å². The van der Waals surface area contributed by atoms with E-state index in [2.05, 4.69) is 10.4 Å². The van der Waals surface area contributed by atoms with Crippen LogP contribution in [0.1, 0.15) is 27.2 Å². The number of ether oxygens (including phenoxy) is 1. The van der Waals surface area contributed by atoms with E-state index in [-0.39, 0.29) is 0 Å². The summed E-state index contributed by atoms with van der Waals surface area (Å²) in [6.07, 6.45) is 1.71. The zero-order valence-electron chi connectivity index (χ0n) is 15.8. The highest BCUT2D eigenvalue weighted by Gasteiger charge is 2.13. The van der Waals surface area contributed by atoms with Crippen molar-refractivity contribution in [1.29, 1.82) is 0 Å². The van der Waals surface area contributed by atoms with Crippen LogP contribution in [0, 0.1) is 20.8 Å². The van der Waals surface area contributed by atoms with E-state index in [0.29, 0.717) is 16.3 Å². The second-order valence-corrected chi connectivity index (χ2v) is 6.90. The molecule has 6 nitrogen and oxygen atoms in total. The van der Waals surface area contributed by atoms with Gasteiger partial charge in [0, 0.05) is 11.9 Å². The van der Waals surface area contributed by atoms with Gasteiger partial charge in [-0.05, 0) is 68.3 Å². The topological polar surface area (TPSA) is 73.2 Å². The molecule has 0 saturated heterocycles. The molecule has 3 aromatic rings. The van der Waals surface area contributed by atoms with Gasteiger partial charge in [0.1, 0.15) is 0 Å². The van der Waals surface area contributed by atoms with Crippen LogP contribution in [-0.2, 0) is 9.53 Å². The van der Waals surface area contributed by atoms with Gasteiger partial charge in [-0.3, -0.25) is 4.79 Å². The van der Waals surface area contributed by atoms with Crippen molar-refractivity contribution in [2.45, 2.75) is 20.8 Å². The Morgan fingerprint density at radius 3 is 2.43 bits per heavy atom. The van der Waals surface area contributed by atoms with Crippen molar-refractivity contribution >= 4 is 29.2 Å². The lowest BCUT2D eigenvalue weighted by molar-refractivity contribution is -0.119. The van der Waals surface area contributed by atoms with Crippen molar-refractivity contribution in [3.8, 4) is 5.69 Å². The number of carbonyl (C=O) groups is 2. The van der Waals surface area contributed by atoms with Crippen LogP contribution in [0.4, 0.5) is 5.69 Å². The first kappa shape index (κ1) is 19.6. The highest BCUT2D eigenvalue weighted by Crippen LogP contribution is 2.27. The number of hydrogen-bond acceptors (Lipinski definition) is 4. The minimum atomic E-state index is -0.578. The Balaban J connectivity index is 1.59. The van der Waals surface area contributed by atoms with Gasteiger partial charge in [-0.2, -0.15) is 5.10 Å². The molecule has 0 aliphatic rings. The van der Waals surface area contributed by atoms with Crippen LogP contribution in [0.2, 0.25) is 5.02 Å². The van der Waals surface area contributed by atoms with Crippen LogP contribution in [-0.4, -0.2) is 28.3 Å². The van der Waals surface area contributed by atoms with Crippen LogP contribution in [0.3, 0.4) is 0 Å². The molecular weight excluding hydrogens is 378 g/mol. The molecule has 0 spiro atoms. The average Bonchev–Trinajstić information content (AvgIpc) is 3.08. The van der Waals surface area contributed by atoms with Crippen molar-refractivity contribution in [2.24, 2.45) is 0 Å². The second-order valence-electron chi connectivity index (χ2n) is 6.49. The minimum Gasteiger partial charge on any atom is -0.452 e. The van der Waals surface area contributed by atoms with Gasteiger partial charge in [-0.1, -0.05) is 17.7 Å². The molecule has 1 N–H and O–H groups in total. The first-order valence-electron chi connectivity index (χ1n) is 8.70. The molecule has 1 heterocycles. The van der Waals surface area contributed by atoms with E-state index in [1.807, 2.05) is 32.9 Å². The summed E-state index contributed by atoms with van der Waals surface area (Å²) in [7, 11) is 0. The zero-order valence-corrected chi connectivity index (χ0v) is 16.6. The number of carbonyl (C=O) groups excluding carboxylic acids is 2. The average molecular weight is 398 g/mol. The molecule has 1 aromatic heterocycles. The Morgan fingerprint density at radius 2 is 1.82 bits per heavy atom. The standard InChI is InChI=1S/C21H20ClN3O3/c1-13-10-14(2)20(18(22)11-13)24-19(26)12-28-21(27)16-4-6-17(7-5-16)25-15(3)8-9-23-25/h4-11H,12H2,1-3H3,(H,24,26). The van der Waals surface area contributed by atoms with Crippen LogP contribution in [0.25, 0.3) is 5.69 Å². The molecule has 2 aromatic carbocycles. The number of halogens is 1. The fraction of sp³-hybridized carbons (Fsp3) is 0.190. The number of amides is 1. The zero-order chi connectivity index (χ0) is 20.3. The summed E-state index contributed by atoms with van der Waals surface area (Å²) in [4.78, 5) is 24.3. The van der Waals surface area contributed by atoms with E-state index in [4.69, 9.17) is 16.3 Å². The van der Waals surface area contributed by atoms with E-state index >= 15 is 0 Å². The third kappa shape index (κ3) is 4.40. The molecule has 0 atom stereocenters. The molecule has 0 unspecified atom stereocenters. The molecular formula is C21H20ClN3O3. The van der Waals surface area contributed by atoms with Crippen molar-refractivity contribution in [1.82, 2.24) is 9.78 Å². The number of nitrogens with zero attached hydrogens (tertiary/aromatic N) is 2. The highest BCUT2D eigenvalue weighted by molar-refractivity contribution is 6.34. The maximum atomic E-state index is 12.2. The molecule has 0 fully saturated rings. The summed E-state index contributed by atoms with van der Waals surface area (Å²) in [5.74, 6) is -1.03. The van der Waals surface area contributed by atoms with E-state index in [9.17, 15) is 9.59 Å². The van der Waals surface area contributed by atoms with Gasteiger partial charge in [0.05, 0.1) is 22.0 Å². The van der Waals surface area contributed by atoms with Crippen molar-refractivity contribution in [3.63, 3.8) is 0 Å². The number of aryl methyl sites for hydroxylation is 3. The van der Waals surface area contributed by atoms with E-state index in [1.165, 1.54) is 0 Å². The molecule has 7 heteroatoms. The predicted octanol–water partition coefficient (Wildman–Crippen LogP) is 4.25. The number of nitrogens with one attached hydrogen (secondary N) is 1. The fourth-order valence-electron chi connectivity index (χ4n) is 2.84. The lowest BCUT2D eigenvalue weighted by atomic mass is 10.1. The normalized spacial score (nSPS) is 10.6. The molecule has 0 aliphatic heterocycles. The molecule has 28 heavy (non-hydrogen) atoms. The second kappa shape index (κ2) is 8.27. The third-order valence-electron chi connectivity index (χ3n) is 4.21. The van der Waals surface area contributed by atoms with Gasteiger partial charge in [-0.15, -0.1) is 0 Å². The van der Waals surface area contributed by atoms with Gasteiger partial charge in [-0.25, -0.2) is 9.48 Å². The summed E-state index contributed by atoms with van der Waals surface area (Å²) < 4.78 is 6.86. The predicted molar refractivity (Wildman–Crippen MR) is 108 cm³/mol. The van der Waals surface area contributed by atoms with Gasteiger partial charge in [0.25, 0.3) is 5.91 Å². The van der Waals surface area contributed by atoms with Crippen LogP contribution in [0.15, 0.2) is 48.7 Å². The van der Waals surface area contributed by atoms with E-state index < -0.39 is 18.5 Å². The largest absolute Gasteiger partial charge is 0.452 e. The number of benzene rings is 2. The van der Waals surface area contributed by atoms with Crippen molar-refractivity contribution in [2.75, 3.05) is 11.9 Å². The highest BCUT2D eigenvalue weighted by atomic mass is 35.5. The Labute approximate surface area is 168 Å². The minimum absolute atomic E-state index is 0.353. The summed E-state index contributed by atoms with van der Waals surface area (Å²) in [5.41, 5.74) is 4.53. The number of hydrogen-bond donors (Lipinski definition) is 1. The summed E-state index contributed by atoms with van der Waals surface area (Å²) in [6, 6.07) is 12.4. The van der Waals surface area contributed by atoms with Crippen molar-refractivity contribution < 1.29 is 14.3 Å². The quantitative estimate of drug-likeness (QED) is 0.653.